The molecule has 22 heavy (non-hydrogen) atoms. The number of aliphatic hydroxyl groups is 4. The molecule has 8 nitrogen and oxygen atoms in total. The smallest absolute Gasteiger partial charge is 0.431 e. The first-order chi connectivity index (χ1) is 10.4. The molecule has 0 aliphatic carbocycles. The highest BCUT2D eigenvalue weighted by Gasteiger charge is 2.43. The van der Waals surface area contributed by atoms with E-state index in [9.17, 15) is 25.2 Å². The lowest BCUT2D eigenvalue weighted by Gasteiger charge is -2.37. The van der Waals surface area contributed by atoms with E-state index in [2.05, 4.69) is 0 Å². The van der Waals surface area contributed by atoms with E-state index in [1.165, 1.54) is 12.1 Å². The van der Waals surface area contributed by atoms with Gasteiger partial charge in [-0.1, -0.05) is 23.7 Å². The number of benzene rings is 1. The van der Waals surface area contributed by atoms with Crippen LogP contribution in [0.3, 0.4) is 0 Å². The van der Waals surface area contributed by atoms with Gasteiger partial charge in [-0.15, -0.1) is 0 Å². The van der Waals surface area contributed by atoms with Crippen molar-refractivity contribution >= 4 is 17.8 Å². The van der Waals surface area contributed by atoms with Gasteiger partial charge in [0.2, 0.25) is 0 Å². The number of para-hydroxylation sites is 1. The van der Waals surface area contributed by atoms with E-state index in [-0.39, 0.29) is 10.8 Å². The third-order valence-electron chi connectivity index (χ3n) is 3.08. The molecule has 122 valence electrons. The number of rotatable bonds is 3. The maximum absolute atomic E-state index is 11.5. The summed E-state index contributed by atoms with van der Waals surface area (Å²) < 4.78 is 14.4. The second kappa shape index (κ2) is 7.23. The average molecular weight is 335 g/mol. The Bertz CT molecular complexity index is 525. The first kappa shape index (κ1) is 16.9. The lowest BCUT2D eigenvalue weighted by molar-refractivity contribution is -0.286. The highest BCUT2D eigenvalue weighted by Crippen LogP contribution is 2.24. The predicted molar refractivity (Wildman–Crippen MR) is 72.3 cm³/mol. The van der Waals surface area contributed by atoms with Crippen LogP contribution in [0.5, 0.6) is 5.75 Å². The van der Waals surface area contributed by atoms with E-state index < -0.39 is 43.5 Å². The van der Waals surface area contributed by atoms with E-state index in [0.29, 0.717) is 0 Å². The molecule has 1 aliphatic rings. The monoisotopic (exact) mass is 334 g/mol. The highest BCUT2D eigenvalue weighted by molar-refractivity contribution is 6.32. The summed E-state index contributed by atoms with van der Waals surface area (Å²) in [5, 5.41) is 38.0. The molecule has 0 amide bonds. The van der Waals surface area contributed by atoms with Gasteiger partial charge in [-0.3, -0.25) is 0 Å². The van der Waals surface area contributed by atoms with Crippen molar-refractivity contribution in [1.82, 2.24) is 0 Å². The topological polar surface area (TPSA) is 126 Å². The number of carbonyl (C=O) groups excluding carboxylic acids is 1. The van der Waals surface area contributed by atoms with Crippen LogP contribution in [0.15, 0.2) is 24.3 Å². The van der Waals surface area contributed by atoms with Gasteiger partial charge in [0.15, 0.2) is 12.0 Å². The highest BCUT2D eigenvalue weighted by atomic mass is 35.5. The standard InChI is InChI=1S/C13H15ClO8/c14-6-3-1-2-4-7(6)22-13(19)20-5-8-9(15)10(16)11(17)12(18)21-8/h1-4,8-12,15-18H,5H2/t8-,9-,10+,11-,12+/m1/s1. The minimum absolute atomic E-state index is 0.0924. The zero-order chi connectivity index (χ0) is 16.3. The summed E-state index contributed by atoms with van der Waals surface area (Å²) in [6.45, 7) is -0.495. The fourth-order valence-electron chi connectivity index (χ4n) is 1.87. The van der Waals surface area contributed by atoms with E-state index in [4.69, 9.17) is 25.8 Å². The lowest BCUT2D eigenvalue weighted by Crippen LogP contribution is -2.58. The molecule has 0 unspecified atom stereocenters. The summed E-state index contributed by atoms with van der Waals surface area (Å²) in [4.78, 5) is 11.5. The van der Waals surface area contributed by atoms with E-state index >= 15 is 0 Å². The Morgan fingerprint density at radius 3 is 2.50 bits per heavy atom. The van der Waals surface area contributed by atoms with Crippen molar-refractivity contribution in [2.45, 2.75) is 30.7 Å². The molecule has 1 heterocycles. The van der Waals surface area contributed by atoms with Crippen LogP contribution < -0.4 is 4.74 Å². The Kier molecular flexibility index (Phi) is 5.57. The molecule has 4 N–H and O–H groups in total. The summed E-state index contributed by atoms with van der Waals surface area (Å²) in [6, 6.07) is 6.24. The molecular weight excluding hydrogens is 320 g/mol. The normalized spacial score (nSPS) is 31.6. The van der Waals surface area contributed by atoms with Crippen molar-refractivity contribution in [3.63, 3.8) is 0 Å². The Hall–Kier alpha value is -1.42. The fraction of sp³-hybridized carbons (Fsp3) is 0.462. The summed E-state index contributed by atoms with van der Waals surface area (Å²) in [5.74, 6) is 0.0924. The molecule has 0 aromatic heterocycles. The largest absolute Gasteiger partial charge is 0.513 e. The minimum Gasteiger partial charge on any atom is -0.431 e. The van der Waals surface area contributed by atoms with Crippen molar-refractivity contribution in [3.05, 3.63) is 29.3 Å². The predicted octanol–water partition coefficient (Wildman–Crippen LogP) is -0.345. The number of aliphatic hydroxyl groups excluding tert-OH is 4. The molecule has 0 radical (unpaired) electrons. The van der Waals surface area contributed by atoms with E-state index in [1.54, 1.807) is 12.1 Å². The quantitative estimate of drug-likeness (QED) is 0.437. The summed E-state index contributed by atoms with van der Waals surface area (Å²) in [7, 11) is 0. The van der Waals surface area contributed by atoms with Crippen LogP contribution in [0.1, 0.15) is 0 Å². The first-order valence-electron chi connectivity index (χ1n) is 6.37. The number of carbonyl (C=O) groups is 1. The number of hydrogen-bond acceptors (Lipinski definition) is 8. The molecule has 0 spiro atoms. The Balaban J connectivity index is 1.87. The Morgan fingerprint density at radius 2 is 1.82 bits per heavy atom. The molecule has 0 bridgehead atoms. The van der Waals surface area contributed by atoms with Gasteiger partial charge in [-0.2, -0.15) is 0 Å². The van der Waals surface area contributed by atoms with Crippen LogP contribution in [0.4, 0.5) is 4.79 Å². The van der Waals surface area contributed by atoms with Gasteiger partial charge in [0.05, 0.1) is 5.02 Å². The molecule has 1 aromatic rings. The SMILES string of the molecule is O=C(OC[C@H]1O[C@H](O)[C@H](O)[C@@H](O)[C@@H]1O)Oc1ccccc1Cl. The van der Waals surface area contributed by atoms with Crippen LogP contribution in [0.2, 0.25) is 5.02 Å². The van der Waals surface area contributed by atoms with Gasteiger partial charge >= 0.3 is 6.16 Å². The van der Waals surface area contributed by atoms with Gasteiger partial charge in [0.1, 0.15) is 31.0 Å². The third-order valence-corrected chi connectivity index (χ3v) is 3.39. The van der Waals surface area contributed by atoms with Crippen molar-refractivity contribution < 1.29 is 39.4 Å². The first-order valence-corrected chi connectivity index (χ1v) is 6.75. The second-order valence-corrected chi connectivity index (χ2v) is 5.04. The summed E-state index contributed by atoms with van der Waals surface area (Å²) >= 11 is 5.80. The average Bonchev–Trinajstić information content (AvgIpc) is 2.50. The second-order valence-electron chi connectivity index (χ2n) is 4.63. The van der Waals surface area contributed by atoms with E-state index in [1.807, 2.05) is 0 Å². The van der Waals surface area contributed by atoms with Crippen molar-refractivity contribution in [2.75, 3.05) is 6.61 Å². The molecular formula is C13H15ClO8. The van der Waals surface area contributed by atoms with Crippen molar-refractivity contribution in [1.29, 1.82) is 0 Å². The zero-order valence-electron chi connectivity index (χ0n) is 11.2. The third kappa shape index (κ3) is 3.86. The van der Waals surface area contributed by atoms with Gasteiger partial charge in [-0.05, 0) is 12.1 Å². The lowest BCUT2D eigenvalue weighted by atomic mass is 9.99. The maximum Gasteiger partial charge on any atom is 0.513 e. The molecule has 1 saturated heterocycles. The number of hydrogen-bond donors (Lipinski definition) is 4. The van der Waals surface area contributed by atoms with Crippen molar-refractivity contribution in [2.24, 2.45) is 0 Å². The Labute approximate surface area is 130 Å². The van der Waals surface area contributed by atoms with Crippen LogP contribution in [0, 0.1) is 0 Å². The van der Waals surface area contributed by atoms with Gasteiger partial charge in [0.25, 0.3) is 0 Å². The minimum atomic E-state index is -1.70. The van der Waals surface area contributed by atoms with Crippen molar-refractivity contribution in [3.8, 4) is 5.75 Å². The molecule has 9 heteroatoms. The van der Waals surface area contributed by atoms with E-state index in [0.717, 1.165) is 0 Å². The van der Waals surface area contributed by atoms with Crippen LogP contribution >= 0.6 is 11.6 Å². The molecule has 1 aromatic carbocycles. The number of ether oxygens (including phenoxy) is 3. The van der Waals surface area contributed by atoms with Crippen LogP contribution in [-0.4, -0.2) is 63.9 Å². The summed E-state index contributed by atoms with van der Waals surface area (Å²) in [5.41, 5.74) is 0. The number of halogens is 1. The molecule has 1 aliphatic heterocycles. The van der Waals surface area contributed by atoms with Crippen LogP contribution in [0.25, 0.3) is 0 Å². The molecule has 5 atom stereocenters. The van der Waals surface area contributed by atoms with Gasteiger partial charge < -0.3 is 34.6 Å². The Morgan fingerprint density at radius 1 is 1.14 bits per heavy atom. The maximum atomic E-state index is 11.5. The fourth-order valence-corrected chi connectivity index (χ4v) is 2.04. The van der Waals surface area contributed by atoms with Gasteiger partial charge in [-0.25, -0.2) is 4.79 Å². The molecule has 2 rings (SSSR count). The van der Waals surface area contributed by atoms with Gasteiger partial charge in [0, 0.05) is 0 Å². The van der Waals surface area contributed by atoms with Crippen LogP contribution in [-0.2, 0) is 9.47 Å². The molecule has 0 saturated carbocycles. The zero-order valence-corrected chi connectivity index (χ0v) is 12.0. The summed E-state index contributed by atoms with van der Waals surface area (Å²) in [6.07, 6.45) is -8.83. The molecule has 1 fully saturated rings.